The first-order valence-electron chi connectivity index (χ1n) is 5.84. The van der Waals surface area contributed by atoms with Gasteiger partial charge in [0.05, 0.1) is 6.54 Å². The van der Waals surface area contributed by atoms with Crippen molar-refractivity contribution >= 4 is 21.7 Å². The van der Waals surface area contributed by atoms with E-state index >= 15 is 0 Å². The molecule has 0 aliphatic heterocycles. The predicted octanol–water partition coefficient (Wildman–Crippen LogP) is 1.61. The third-order valence-corrected chi connectivity index (χ3v) is 3.27. The fourth-order valence-electron chi connectivity index (χ4n) is 1.84. The van der Waals surface area contributed by atoms with Gasteiger partial charge in [0.2, 0.25) is 5.82 Å². The van der Waals surface area contributed by atoms with Crippen LogP contribution in [0, 0.1) is 10.1 Å². The summed E-state index contributed by atoms with van der Waals surface area (Å²) in [6.45, 7) is 0.0983. The minimum Gasteiger partial charge on any atom is -0.358 e. The normalized spacial score (nSPS) is 10.8. The molecule has 0 aliphatic rings. The van der Waals surface area contributed by atoms with Gasteiger partial charge in [-0.05, 0) is 27.8 Å². The summed E-state index contributed by atoms with van der Waals surface area (Å²) in [4.78, 5) is 21.9. The zero-order valence-electron chi connectivity index (χ0n) is 10.7. The van der Waals surface area contributed by atoms with Crippen molar-refractivity contribution in [3.63, 3.8) is 0 Å². The summed E-state index contributed by atoms with van der Waals surface area (Å²) in [5, 5.41) is 21.0. The highest BCUT2D eigenvalue weighted by molar-refractivity contribution is 9.10. The average molecular weight is 368 g/mol. The lowest BCUT2D eigenvalue weighted by molar-refractivity contribution is -0.390. The van der Waals surface area contributed by atoms with Crippen LogP contribution in [0.5, 0.6) is 0 Å². The lowest BCUT2D eigenvalue weighted by Gasteiger charge is -2.03. The highest BCUT2D eigenvalue weighted by atomic mass is 79.9. The number of nitro groups is 1. The molecule has 0 bridgehead atoms. The topological polar surface area (TPSA) is 130 Å². The SMILES string of the molecule is O=c1onc(-c2nonc2[N+](=O)[O-])n1Cc1cccc(Br)c1. The summed E-state index contributed by atoms with van der Waals surface area (Å²) in [5.74, 6) is -1.54. The van der Waals surface area contributed by atoms with Crippen molar-refractivity contribution in [2.45, 2.75) is 6.54 Å². The second-order valence-corrected chi connectivity index (χ2v) is 5.10. The molecule has 1 aromatic carbocycles. The van der Waals surface area contributed by atoms with Gasteiger partial charge in [-0.15, -0.1) is 4.63 Å². The van der Waals surface area contributed by atoms with Gasteiger partial charge >= 0.3 is 11.6 Å². The molecule has 22 heavy (non-hydrogen) atoms. The summed E-state index contributed by atoms with van der Waals surface area (Å²) < 4.78 is 10.8. The van der Waals surface area contributed by atoms with Crippen LogP contribution in [0.1, 0.15) is 5.56 Å². The van der Waals surface area contributed by atoms with E-state index in [9.17, 15) is 14.9 Å². The second-order valence-electron chi connectivity index (χ2n) is 4.18. The Balaban J connectivity index is 2.06. The number of aromatic nitrogens is 4. The molecule has 0 spiro atoms. The van der Waals surface area contributed by atoms with Crippen LogP contribution < -0.4 is 5.76 Å². The van der Waals surface area contributed by atoms with E-state index in [1.54, 1.807) is 18.2 Å². The van der Waals surface area contributed by atoms with Crippen LogP contribution in [0.25, 0.3) is 11.5 Å². The quantitative estimate of drug-likeness (QED) is 0.501. The fraction of sp³-hybridized carbons (Fsp3) is 0.0909. The summed E-state index contributed by atoms with van der Waals surface area (Å²) in [6, 6.07) is 7.19. The van der Waals surface area contributed by atoms with E-state index in [4.69, 9.17) is 0 Å². The van der Waals surface area contributed by atoms with E-state index in [1.165, 1.54) is 0 Å². The Kier molecular flexibility index (Phi) is 3.55. The maximum absolute atomic E-state index is 11.8. The summed E-state index contributed by atoms with van der Waals surface area (Å²) in [5.41, 5.74) is 0.492. The van der Waals surface area contributed by atoms with Crippen molar-refractivity contribution in [3.8, 4) is 11.5 Å². The molecule has 0 aliphatic carbocycles. The Hall–Kier alpha value is -2.82. The first-order valence-corrected chi connectivity index (χ1v) is 6.64. The van der Waals surface area contributed by atoms with Gasteiger partial charge in [-0.2, -0.15) is 0 Å². The Morgan fingerprint density at radius 2 is 2.14 bits per heavy atom. The van der Waals surface area contributed by atoms with Gasteiger partial charge in [-0.3, -0.25) is 9.09 Å². The second kappa shape index (κ2) is 5.52. The zero-order chi connectivity index (χ0) is 15.7. The number of hydrogen-bond donors (Lipinski definition) is 0. The van der Waals surface area contributed by atoms with Crippen LogP contribution in [0.2, 0.25) is 0 Å². The Morgan fingerprint density at radius 3 is 2.86 bits per heavy atom. The molecule has 0 unspecified atom stereocenters. The lowest BCUT2D eigenvalue weighted by Crippen LogP contribution is -2.16. The van der Waals surface area contributed by atoms with Crippen LogP contribution in [0.3, 0.4) is 0 Å². The van der Waals surface area contributed by atoms with Crippen molar-refractivity contribution in [2.24, 2.45) is 0 Å². The van der Waals surface area contributed by atoms with E-state index < -0.39 is 16.5 Å². The largest absolute Gasteiger partial charge is 0.446 e. The fourth-order valence-corrected chi connectivity index (χ4v) is 2.29. The summed E-state index contributed by atoms with van der Waals surface area (Å²) >= 11 is 3.32. The van der Waals surface area contributed by atoms with Crippen LogP contribution in [0.15, 0.2) is 42.7 Å². The number of hydrogen-bond acceptors (Lipinski definition) is 8. The number of benzene rings is 1. The van der Waals surface area contributed by atoms with Crippen LogP contribution in [-0.2, 0) is 6.54 Å². The Labute approximate surface area is 129 Å². The number of nitrogens with zero attached hydrogens (tertiary/aromatic N) is 5. The first-order chi connectivity index (χ1) is 10.6. The van der Waals surface area contributed by atoms with Gasteiger partial charge in [-0.1, -0.05) is 33.2 Å². The third-order valence-electron chi connectivity index (χ3n) is 2.77. The molecule has 10 nitrogen and oxygen atoms in total. The number of rotatable bonds is 4. The van der Waals surface area contributed by atoms with Crippen LogP contribution >= 0.6 is 15.9 Å². The van der Waals surface area contributed by atoms with Gasteiger partial charge in [0.15, 0.2) is 5.16 Å². The average Bonchev–Trinajstić information content (AvgIpc) is 3.07. The molecule has 0 N–H and O–H groups in total. The van der Waals surface area contributed by atoms with Gasteiger partial charge in [0.1, 0.15) is 0 Å². The summed E-state index contributed by atoms with van der Waals surface area (Å²) in [6.07, 6.45) is 0. The van der Waals surface area contributed by atoms with Crippen molar-refractivity contribution in [1.82, 2.24) is 20.0 Å². The molecule has 0 saturated carbocycles. The van der Waals surface area contributed by atoms with Crippen molar-refractivity contribution in [3.05, 3.63) is 55.0 Å². The molecule has 2 heterocycles. The van der Waals surface area contributed by atoms with Gasteiger partial charge in [-0.25, -0.2) is 4.79 Å². The predicted molar refractivity (Wildman–Crippen MR) is 74.0 cm³/mol. The highest BCUT2D eigenvalue weighted by Gasteiger charge is 2.29. The van der Waals surface area contributed by atoms with Gasteiger partial charge < -0.3 is 10.1 Å². The minimum atomic E-state index is -0.783. The number of halogens is 1. The minimum absolute atomic E-state index is 0.0983. The van der Waals surface area contributed by atoms with Gasteiger partial charge in [0, 0.05) is 4.47 Å². The molecule has 0 radical (unpaired) electrons. The molecule has 0 fully saturated rings. The van der Waals surface area contributed by atoms with E-state index in [0.29, 0.717) is 0 Å². The molecule has 3 aromatic rings. The highest BCUT2D eigenvalue weighted by Crippen LogP contribution is 2.24. The lowest BCUT2D eigenvalue weighted by atomic mass is 10.2. The van der Waals surface area contributed by atoms with E-state index in [1.807, 2.05) is 6.07 Å². The summed E-state index contributed by atoms with van der Waals surface area (Å²) in [7, 11) is 0. The molecule has 0 atom stereocenters. The van der Waals surface area contributed by atoms with Crippen molar-refractivity contribution in [1.29, 1.82) is 0 Å². The molecule has 0 amide bonds. The van der Waals surface area contributed by atoms with Crippen LogP contribution in [-0.4, -0.2) is 25.0 Å². The molecule has 0 saturated heterocycles. The molecule has 112 valence electrons. The standard InChI is InChI=1S/C11H6BrN5O5/c12-7-3-1-2-6(4-7)5-16-9(14-21-11(16)18)8-10(17(19)20)15-22-13-8/h1-4H,5H2. The zero-order valence-corrected chi connectivity index (χ0v) is 12.3. The first kappa shape index (κ1) is 14.1. The third kappa shape index (κ3) is 2.53. The van der Waals surface area contributed by atoms with Crippen LogP contribution in [0.4, 0.5) is 5.82 Å². The Morgan fingerprint density at radius 1 is 1.32 bits per heavy atom. The smallest absolute Gasteiger partial charge is 0.358 e. The maximum atomic E-state index is 11.8. The molecule has 11 heteroatoms. The van der Waals surface area contributed by atoms with E-state index in [-0.39, 0.29) is 18.1 Å². The maximum Gasteiger partial charge on any atom is 0.446 e. The van der Waals surface area contributed by atoms with E-state index in [2.05, 4.69) is 40.6 Å². The Bertz CT molecular complexity index is 898. The van der Waals surface area contributed by atoms with Gasteiger partial charge in [0.25, 0.3) is 5.69 Å². The molecule has 2 aromatic heterocycles. The molecular weight excluding hydrogens is 362 g/mol. The van der Waals surface area contributed by atoms with Crippen molar-refractivity contribution in [2.75, 3.05) is 0 Å². The van der Waals surface area contributed by atoms with E-state index in [0.717, 1.165) is 14.6 Å². The monoisotopic (exact) mass is 367 g/mol. The van der Waals surface area contributed by atoms with Crippen molar-refractivity contribution < 1.29 is 14.1 Å². The molecule has 3 rings (SSSR count). The molecular formula is C11H6BrN5O5.